The van der Waals surface area contributed by atoms with Crippen molar-refractivity contribution in [3.05, 3.63) is 94.8 Å². The van der Waals surface area contributed by atoms with Gasteiger partial charge in [-0.25, -0.2) is 8.78 Å². The second-order valence-electron chi connectivity index (χ2n) is 6.40. The largest absolute Gasteiger partial charge is 0.495 e. The van der Waals surface area contributed by atoms with Gasteiger partial charge in [-0.2, -0.15) is 0 Å². The van der Waals surface area contributed by atoms with Crippen LogP contribution in [-0.2, 0) is 0 Å². The van der Waals surface area contributed by atoms with Gasteiger partial charge in [0.15, 0.2) is 0 Å². The Kier molecular flexibility index (Phi) is 5.63. The molecule has 1 aromatic heterocycles. The standard InChI is InChI=1S/C22H16ClF2N3O2/c1-29-19-8-3-2-7-18(19)26-20(16-10-9-15(25)12-17(16)23)22-28-27-21(30-22)13-5-4-6-14(24)11-13/h2-12,20,26H,1H3/t20-/m1/s1. The number of nitrogens with zero attached hydrogens (tertiary/aromatic N) is 2. The minimum atomic E-state index is -0.704. The van der Waals surface area contributed by atoms with Crippen molar-refractivity contribution < 1.29 is 17.9 Å². The molecule has 0 amide bonds. The first-order valence-corrected chi connectivity index (χ1v) is 9.37. The van der Waals surface area contributed by atoms with Crippen LogP contribution in [0.15, 0.2) is 71.1 Å². The number of aromatic nitrogens is 2. The van der Waals surface area contributed by atoms with Crippen LogP contribution in [0.25, 0.3) is 11.5 Å². The van der Waals surface area contributed by atoms with Gasteiger partial charge in [-0.1, -0.05) is 35.9 Å². The third-order valence-corrected chi connectivity index (χ3v) is 4.77. The fraction of sp³-hybridized carbons (Fsp3) is 0.0909. The van der Waals surface area contributed by atoms with Gasteiger partial charge < -0.3 is 14.5 Å². The van der Waals surface area contributed by atoms with Crippen LogP contribution in [-0.4, -0.2) is 17.3 Å². The zero-order valence-electron chi connectivity index (χ0n) is 15.8. The SMILES string of the molecule is COc1ccccc1N[C@@H](c1nnc(-c2cccc(F)c2)o1)c1ccc(F)cc1Cl. The molecule has 4 aromatic rings. The Hall–Kier alpha value is -3.45. The lowest BCUT2D eigenvalue weighted by atomic mass is 10.1. The van der Waals surface area contributed by atoms with E-state index < -0.39 is 17.7 Å². The number of halogens is 3. The average Bonchev–Trinajstić information content (AvgIpc) is 3.23. The van der Waals surface area contributed by atoms with Crippen LogP contribution in [0.1, 0.15) is 17.5 Å². The molecule has 0 bridgehead atoms. The van der Waals surface area contributed by atoms with E-state index in [-0.39, 0.29) is 16.8 Å². The number of para-hydroxylation sites is 2. The topological polar surface area (TPSA) is 60.2 Å². The van der Waals surface area contributed by atoms with Crippen LogP contribution in [0.2, 0.25) is 5.02 Å². The Morgan fingerprint density at radius 2 is 1.77 bits per heavy atom. The molecule has 30 heavy (non-hydrogen) atoms. The van der Waals surface area contributed by atoms with E-state index in [2.05, 4.69) is 15.5 Å². The van der Waals surface area contributed by atoms with E-state index in [1.165, 1.54) is 30.3 Å². The molecule has 1 atom stereocenters. The summed E-state index contributed by atoms with van der Waals surface area (Å²) in [6.45, 7) is 0. The fourth-order valence-electron chi connectivity index (χ4n) is 3.02. The predicted octanol–water partition coefficient (Wildman–Crippen LogP) is 5.88. The number of benzene rings is 3. The highest BCUT2D eigenvalue weighted by atomic mass is 35.5. The molecule has 8 heteroatoms. The van der Waals surface area contributed by atoms with Crippen molar-refractivity contribution >= 4 is 17.3 Å². The number of ether oxygens (including phenoxy) is 1. The summed E-state index contributed by atoms with van der Waals surface area (Å²) in [6.07, 6.45) is 0. The van der Waals surface area contributed by atoms with Gasteiger partial charge in [0.25, 0.3) is 0 Å². The highest BCUT2D eigenvalue weighted by Crippen LogP contribution is 2.35. The van der Waals surface area contributed by atoms with Gasteiger partial charge in [0, 0.05) is 16.1 Å². The van der Waals surface area contributed by atoms with E-state index in [1.54, 1.807) is 25.3 Å². The molecular weight excluding hydrogens is 412 g/mol. The van der Waals surface area contributed by atoms with Crippen LogP contribution >= 0.6 is 11.6 Å². The quantitative estimate of drug-likeness (QED) is 0.416. The maximum absolute atomic E-state index is 13.6. The molecule has 0 radical (unpaired) electrons. The van der Waals surface area contributed by atoms with Crippen LogP contribution in [0, 0.1) is 11.6 Å². The normalized spacial score (nSPS) is 11.9. The Morgan fingerprint density at radius 1 is 0.967 bits per heavy atom. The summed E-state index contributed by atoms with van der Waals surface area (Å²) in [7, 11) is 1.55. The fourth-order valence-corrected chi connectivity index (χ4v) is 3.29. The lowest BCUT2D eigenvalue weighted by Gasteiger charge is -2.20. The number of methoxy groups -OCH3 is 1. The summed E-state index contributed by atoms with van der Waals surface area (Å²) in [5.74, 6) is 0.0251. The third-order valence-electron chi connectivity index (χ3n) is 4.44. The molecule has 0 unspecified atom stereocenters. The van der Waals surface area contributed by atoms with E-state index in [1.807, 2.05) is 18.2 Å². The number of hydrogen-bond acceptors (Lipinski definition) is 5. The van der Waals surface area contributed by atoms with Crippen molar-refractivity contribution in [2.75, 3.05) is 12.4 Å². The van der Waals surface area contributed by atoms with Gasteiger partial charge in [-0.15, -0.1) is 10.2 Å². The van der Waals surface area contributed by atoms with Crippen molar-refractivity contribution in [1.82, 2.24) is 10.2 Å². The first-order valence-electron chi connectivity index (χ1n) is 8.99. The van der Waals surface area contributed by atoms with Gasteiger partial charge in [-0.05, 0) is 42.5 Å². The lowest BCUT2D eigenvalue weighted by Crippen LogP contribution is -2.14. The van der Waals surface area contributed by atoms with Crippen molar-refractivity contribution in [3.8, 4) is 17.2 Å². The molecule has 152 valence electrons. The summed E-state index contributed by atoms with van der Waals surface area (Å²) in [5, 5.41) is 11.6. The Bertz CT molecular complexity index is 1180. The van der Waals surface area contributed by atoms with Crippen LogP contribution in [0.5, 0.6) is 5.75 Å². The zero-order valence-corrected chi connectivity index (χ0v) is 16.5. The first kappa shape index (κ1) is 19.8. The first-order chi connectivity index (χ1) is 14.5. The molecule has 1 heterocycles. The Balaban J connectivity index is 1.77. The van der Waals surface area contributed by atoms with Gasteiger partial charge in [0.2, 0.25) is 11.8 Å². The molecule has 3 aromatic carbocycles. The molecule has 4 rings (SSSR count). The van der Waals surface area contributed by atoms with Crippen molar-refractivity contribution in [2.45, 2.75) is 6.04 Å². The second-order valence-corrected chi connectivity index (χ2v) is 6.81. The van der Waals surface area contributed by atoms with Crippen molar-refractivity contribution in [3.63, 3.8) is 0 Å². The summed E-state index contributed by atoms with van der Waals surface area (Å²) < 4.78 is 38.4. The molecular formula is C22H16ClF2N3O2. The summed E-state index contributed by atoms with van der Waals surface area (Å²) >= 11 is 6.31. The molecule has 0 saturated carbocycles. The number of hydrogen-bond donors (Lipinski definition) is 1. The maximum Gasteiger partial charge on any atom is 0.247 e. The minimum Gasteiger partial charge on any atom is -0.495 e. The van der Waals surface area contributed by atoms with Crippen LogP contribution in [0.3, 0.4) is 0 Å². The highest BCUT2D eigenvalue weighted by Gasteiger charge is 2.25. The van der Waals surface area contributed by atoms with Gasteiger partial charge in [0.05, 0.1) is 12.8 Å². The van der Waals surface area contributed by atoms with Gasteiger partial charge in [-0.3, -0.25) is 0 Å². The molecule has 0 aliphatic carbocycles. The molecule has 0 aliphatic heterocycles. The van der Waals surface area contributed by atoms with Crippen molar-refractivity contribution in [2.24, 2.45) is 0 Å². The number of anilines is 1. The molecule has 1 N–H and O–H groups in total. The third kappa shape index (κ3) is 4.11. The second kappa shape index (κ2) is 8.51. The number of nitrogens with one attached hydrogen (secondary N) is 1. The summed E-state index contributed by atoms with van der Waals surface area (Å²) in [6, 6.07) is 16.4. The monoisotopic (exact) mass is 427 g/mol. The Morgan fingerprint density at radius 3 is 2.53 bits per heavy atom. The van der Waals surface area contributed by atoms with Crippen molar-refractivity contribution in [1.29, 1.82) is 0 Å². The van der Waals surface area contributed by atoms with Gasteiger partial charge in [0.1, 0.15) is 23.4 Å². The highest BCUT2D eigenvalue weighted by molar-refractivity contribution is 6.31. The molecule has 5 nitrogen and oxygen atoms in total. The summed E-state index contributed by atoms with van der Waals surface area (Å²) in [4.78, 5) is 0. The maximum atomic E-state index is 13.6. The molecule has 0 spiro atoms. The Labute approximate surface area is 176 Å². The van der Waals surface area contributed by atoms with Crippen LogP contribution < -0.4 is 10.1 Å². The molecule has 0 fully saturated rings. The number of rotatable bonds is 6. The lowest BCUT2D eigenvalue weighted by molar-refractivity contribution is 0.415. The molecule has 0 aliphatic rings. The van der Waals surface area contributed by atoms with E-state index in [4.69, 9.17) is 20.8 Å². The zero-order chi connectivity index (χ0) is 21.1. The average molecular weight is 428 g/mol. The van der Waals surface area contributed by atoms with Crippen LogP contribution in [0.4, 0.5) is 14.5 Å². The van der Waals surface area contributed by atoms with E-state index in [9.17, 15) is 8.78 Å². The smallest absolute Gasteiger partial charge is 0.247 e. The predicted molar refractivity (Wildman–Crippen MR) is 110 cm³/mol. The summed E-state index contributed by atoms with van der Waals surface area (Å²) in [5.41, 5.74) is 1.62. The van der Waals surface area contributed by atoms with E-state index in [0.29, 0.717) is 22.6 Å². The van der Waals surface area contributed by atoms with Gasteiger partial charge >= 0.3 is 0 Å². The van der Waals surface area contributed by atoms with E-state index >= 15 is 0 Å². The minimum absolute atomic E-state index is 0.148. The van der Waals surface area contributed by atoms with E-state index in [0.717, 1.165) is 0 Å². The molecule has 0 saturated heterocycles.